The molecule has 0 aromatic heterocycles. The highest BCUT2D eigenvalue weighted by molar-refractivity contribution is 5.38. The van der Waals surface area contributed by atoms with Crippen molar-refractivity contribution < 1.29 is 24.3 Å². The second-order valence-electron chi connectivity index (χ2n) is 6.64. The van der Waals surface area contributed by atoms with Crippen LogP contribution in [0.4, 0.5) is 0 Å². The Hall–Kier alpha value is -3.64. The molecule has 4 rings (SSSR count). The number of hydrogen-bond donors (Lipinski definition) is 0. The summed E-state index contributed by atoms with van der Waals surface area (Å²) in [7, 11) is 0. The van der Waals surface area contributed by atoms with E-state index < -0.39 is 0 Å². The van der Waals surface area contributed by atoms with E-state index in [-0.39, 0.29) is 13.2 Å². The van der Waals surface area contributed by atoms with Gasteiger partial charge in [0.05, 0.1) is 0 Å². The van der Waals surface area contributed by atoms with Gasteiger partial charge in [0.2, 0.25) is 0 Å². The molecule has 5 nitrogen and oxygen atoms in total. The fourth-order valence-electron chi connectivity index (χ4n) is 2.89. The highest BCUT2D eigenvalue weighted by atomic mass is 17.5. The second-order valence-corrected chi connectivity index (χ2v) is 6.64. The summed E-state index contributed by atoms with van der Waals surface area (Å²) in [5, 5.41) is 4.94. The van der Waals surface area contributed by atoms with Gasteiger partial charge < -0.3 is 9.47 Å². The van der Waals surface area contributed by atoms with Gasteiger partial charge in [-0.25, -0.2) is 9.78 Å². The van der Waals surface area contributed by atoms with Crippen molar-refractivity contribution in [2.45, 2.75) is 13.2 Å². The molecule has 0 spiro atoms. The summed E-state index contributed by atoms with van der Waals surface area (Å²) in [6, 6.07) is 34.4. The Morgan fingerprint density at radius 1 is 0.419 bits per heavy atom. The lowest BCUT2D eigenvalue weighted by Gasteiger charge is -2.12. The Kier molecular flexibility index (Phi) is 7.28. The highest BCUT2D eigenvalue weighted by Gasteiger charge is 2.07. The Bertz CT molecular complexity index is 980. The maximum atomic E-state index is 5.92. The molecule has 31 heavy (non-hydrogen) atoms. The number of para-hydroxylation sites is 4. The molecule has 0 unspecified atom stereocenters. The lowest BCUT2D eigenvalue weighted by atomic mass is 10.2. The van der Waals surface area contributed by atoms with Crippen LogP contribution in [0, 0.1) is 0 Å². The zero-order chi connectivity index (χ0) is 21.1. The van der Waals surface area contributed by atoms with Crippen molar-refractivity contribution in [1.82, 2.24) is 0 Å². The van der Waals surface area contributed by atoms with Gasteiger partial charge in [0, 0.05) is 11.1 Å². The van der Waals surface area contributed by atoms with E-state index >= 15 is 0 Å². The van der Waals surface area contributed by atoms with Crippen molar-refractivity contribution in [3.63, 3.8) is 0 Å². The highest BCUT2D eigenvalue weighted by Crippen LogP contribution is 2.27. The molecule has 0 amide bonds. The summed E-state index contributed by atoms with van der Waals surface area (Å²) in [6.45, 7) is 0.344. The van der Waals surface area contributed by atoms with Gasteiger partial charge in [0.25, 0.3) is 0 Å². The first-order chi connectivity index (χ1) is 15.4. The van der Waals surface area contributed by atoms with E-state index in [2.05, 4.69) is 0 Å². The van der Waals surface area contributed by atoms with Gasteiger partial charge in [-0.3, -0.25) is 0 Å². The lowest BCUT2D eigenvalue weighted by molar-refractivity contribution is -0.523. The van der Waals surface area contributed by atoms with Crippen molar-refractivity contribution in [2.75, 3.05) is 0 Å². The predicted molar refractivity (Wildman–Crippen MR) is 117 cm³/mol. The SMILES string of the molecule is c1ccc(Oc2ccccc2COOOCc2ccccc2Oc2ccccc2)cc1. The van der Waals surface area contributed by atoms with Crippen LogP contribution in [0.25, 0.3) is 0 Å². The maximum Gasteiger partial charge on any atom is 0.133 e. The van der Waals surface area contributed by atoms with E-state index in [1.807, 2.05) is 109 Å². The van der Waals surface area contributed by atoms with Crippen molar-refractivity contribution in [3.8, 4) is 23.0 Å². The number of ether oxygens (including phenoxy) is 2. The summed E-state index contributed by atoms with van der Waals surface area (Å²) < 4.78 is 11.8. The standard InChI is InChI=1S/C26H22O5/c1-3-13-23(14-4-1)29-25-17-9-7-11-21(25)19-27-31-28-20-22-12-8-10-18-26(22)30-24-15-5-2-6-16-24/h1-18H,19-20H2. The minimum atomic E-state index is 0.172. The zero-order valence-electron chi connectivity index (χ0n) is 16.8. The molecule has 0 radical (unpaired) electrons. The van der Waals surface area contributed by atoms with Crippen LogP contribution in [0.5, 0.6) is 23.0 Å². The molecule has 0 saturated carbocycles. The average molecular weight is 414 g/mol. The molecule has 0 heterocycles. The molecule has 156 valence electrons. The molecule has 4 aromatic carbocycles. The minimum absolute atomic E-state index is 0.172. The summed E-state index contributed by atoms with van der Waals surface area (Å²) in [5.41, 5.74) is 1.67. The van der Waals surface area contributed by atoms with Crippen LogP contribution in [0.2, 0.25) is 0 Å². The van der Waals surface area contributed by atoms with Gasteiger partial charge >= 0.3 is 0 Å². The van der Waals surface area contributed by atoms with Crippen LogP contribution in [0.1, 0.15) is 11.1 Å². The van der Waals surface area contributed by atoms with Crippen molar-refractivity contribution in [3.05, 3.63) is 120 Å². The first-order valence-electron chi connectivity index (χ1n) is 9.91. The minimum Gasteiger partial charge on any atom is -0.457 e. The molecule has 0 bridgehead atoms. The van der Waals surface area contributed by atoms with E-state index in [1.165, 1.54) is 0 Å². The first-order valence-corrected chi connectivity index (χ1v) is 9.91. The predicted octanol–water partition coefficient (Wildman–Crippen LogP) is 6.85. The Morgan fingerprint density at radius 3 is 1.26 bits per heavy atom. The summed E-state index contributed by atoms with van der Waals surface area (Å²) in [4.78, 5) is 10.5. The average Bonchev–Trinajstić information content (AvgIpc) is 2.82. The third-order valence-electron chi connectivity index (χ3n) is 4.41. The fourth-order valence-corrected chi connectivity index (χ4v) is 2.89. The van der Waals surface area contributed by atoms with Crippen LogP contribution >= 0.6 is 0 Å². The number of hydrogen-bond acceptors (Lipinski definition) is 5. The lowest BCUT2D eigenvalue weighted by Crippen LogP contribution is -2.00. The molecule has 0 aliphatic heterocycles. The molecule has 0 N–H and O–H groups in total. The fraction of sp³-hybridized carbons (Fsp3) is 0.0769. The van der Waals surface area contributed by atoms with E-state index in [9.17, 15) is 0 Å². The number of rotatable bonds is 10. The largest absolute Gasteiger partial charge is 0.457 e. The Labute approximate surface area is 181 Å². The monoisotopic (exact) mass is 414 g/mol. The van der Waals surface area contributed by atoms with Crippen LogP contribution in [-0.2, 0) is 28.0 Å². The summed E-state index contributed by atoms with van der Waals surface area (Å²) >= 11 is 0. The van der Waals surface area contributed by atoms with E-state index in [1.54, 1.807) is 0 Å². The van der Waals surface area contributed by atoms with Gasteiger partial charge in [0.15, 0.2) is 0 Å². The van der Waals surface area contributed by atoms with Crippen LogP contribution < -0.4 is 9.47 Å². The van der Waals surface area contributed by atoms with Gasteiger partial charge in [-0.1, -0.05) is 77.8 Å². The molecule has 0 saturated heterocycles. The molecule has 0 aliphatic rings. The quantitative estimate of drug-likeness (QED) is 0.161. The summed E-state index contributed by atoms with van der Waals surface area (Å²) in [6.07, 6.45) is 0. The molecule has 0 fully saturated rings. The molecule has 0 aliphatic carbocycles. The van der Waals surface area contributed by atoms with Crippen molar-refractivity contribution >= 4 is 0 Å². The van der Waals surface area contributed by atoms with Gasteiger partial charge in [-0.05, 0) is 36.4 Å². The molecular weight excluding hydrogens is 392 g/mol. The third kappa shape index (κ3) is 6.17. The third-order valence-corrected chi connectivity index (χ3v) is 4.41. The molecule has 5 heteroatoms. The number of benzene rings is 4. The van der Waals surface area contributed by atoms with E-state index in [0.29, 0.717) is 11.5 Å². The van der Waals surface area contributed by atoms with Crippen molar-refractivity contribution in [2.24, 2.45) is 0 Å². The van der Waals surface area contributed by atoms with Crippen LogP contribution in [0.15, 0.2) is 109 Å². The second kappa shape index (κ2) is 10.9. The Morgan fingerprint density at radius 2 is 0.806 bits per heavy atom. The molecular formula is C26H22O5. The van der Waals surface area contributed by atoms with E-state index in [4.69, 9.17) is 24.3 Å². The smallest absolute Gasteiger partial charge is 0.133 e. The van der Waals surface area contributed by atoms with Crippen LogP contribution in [0.3, 0.4) is 0 Å². The molecule has 0 atom stereocenters. The van der Waals surface area contributed by atoms with Gasteiger partial charge in [0.1, 0.15) is 36.2 Å². The van der Waals surface area contributed by atoms with E-state index in [0.717, 1.165) is 22.6 Å². The first kappa shape index (κ1) is 20.6. The topological polar surface area (TPSA) is 46.2 Å². The summed E-state index contributed by atoms with van der Waals surface area (Å²) in [5.74, 6) is 2.89. The van der Waals surface area contributed by atoms with Gasteiger partial charge in [-0.2, -0.15) is 0 Å². The molecule has 4 aromatic rings. The van der Waals surface area contributed by atoms with Crippen LogP contribution in [-0.4, -0.2) is 0 Å². The maximum absolute atomic E-state index is 5.92. The zero-order valence-corrected chi connectivity index (χ0v) is 16.8. The Balaban J connectivity index is 1.28. The van der Waals surface area contributed by atoms with Gasteiger partial charge in [-0.15, -0.1) is 0 Å². The van der Waals surface area contributed by atoms with Crippen molar-refractivity contribution in [1.29, 1.82) is 0 Å². The normalized spacial score (nSPS) is 10.6.